The van der Waals surface area contributed by atoms with Crippen molar-refractivity contribution in [3.05, 3.63) is 28.2 Å². The summed E-state index contributed by atoms with van der Waals surface area (Å²) in [6.07, 6.45) is 0. The van der Waals surface area contributed by atoms with Gasteiger partial charge in [0.05, 0.1) is 5.56 Å². The molecular weight excluding hydrogens is 348 g/mol. The number of carboxylic acid groups (broad SMARTS) is 1. The van der Waals surface area contributed by atoms with Gasteiger partial charge in [0.2, 0.25) is 0 Å². The van der Waals surface area contributed by atoms with Crippen LogP contribution >= 0.6 is 15.9 Å². The molecule has 20 heavy (non-hydrogen) atoms. The number of nitrogens with zero attached hydrogens (tertiary/aromatic N) is 1. The zero-order valence-electron chi connectivity index (χ0n) is 10.5. The predicted octanol–water partition coefficient (Wildman–Crippen LogP) is 1.74. The summed E-state index contributed by atoms with van der Waals surface area (Å²) in [4.78, 5) is 24.5. The first kappa shape index (κ1) is 15.0. The van der Waals surface area contributed by atoms with Gasteiger partial charge in [-0.2, -0.15) is 0 Å². The molecule has 6 nitrogen and oxygen atoms in total. The van der Waals surface area contributed by atoms with Crippen molar-refractivity contribution in [1.82, 2.24) is 4.90 Å². The summed E-state index contributed by atoms with van der Waals surface area (Å²) in [5.41, 5.74) is 0.503. The Bertz CT molecular complexity index is 569. The second kappa shape index (κ2) is 6.36. The third kappa shape index (κ3) is 3.80. The van der Waals surface area contributed by atoms with Crippen LogP contribution in [0.1, 0.15) is 10.4 Å². The van der Waals surface area contributed by atoms with Gasteiger partial charge in [0.25, 0.3) is 0 Å². The monoisotopic (exact) mass is 360 g/mol. The van der Waals surface area contributed by atoms with Gasteiger partial charge in [0.15, 0.2) is 0 Å². The first-order valence-electron chi connectivity index (χ1n) is 5.90. The molecule has 1 aliphatic heterocycles. The maximum atomic E-state index is 12.0. The van der Waals surface area contributed by atoms with Gasteiger partial charge < -0.3 is 15.3 Å². The van der Waals surface area contributed by atoms with Crippen LogP contribution < -0.4 is 5.32 Å². The number of hydrogen-bond acceptors (Lipinski definition) is 3. The Kier molecular flexibility index (Phi) is 4.77. The molecule has 1 aliphatic rings. The molecule has 0 unspecified atom stereocenters. The predicted molar refractivity (Wildman–Crippen MR) is 79.6 cm³/mol. The summed E-state index contributed by atoms with van der Waals surface area (Å²) < 4.78 is 11.8. The Hall–Kier alpha value is -1.41. The van der Waals surface area contributed by atoms with Crippen molar-refractivity contribution < 1.29 is 18.9 Å². The molecule has 1 heterocycles. The van der Waals surface area contributed by atoms with Gasteiger partial charge in [0.1, 0.15) is 0 Å². The number of anilines is 1. The minimum atomic E-state index is -1.06. The second-order valence-corrected chi connectivity index (χ2v) is 6.91. The fourth-order valence-corrected chi connectivity index (χ4v) is 3.37. The van der Waals surface area contributed by atoms with Gasteiger partial charge in [-0.05, 0) is 18.2 Å². The Labute approximate surface area is 126 Å². The number of halogens is 1. The maximum absolute atomic E-state index is 12.0. The highest BCUT2D eigenvalue weighted by Gasteiger charge is 2.20. The largest absolute Gasteiger partial charge is 0.478 e. The Morgan fingerprint density at radius 3 is 2.50 bits per heavy atom. The molecule has 0 atom stereocenters. The molecule has 0 aliphatic carbocycles. The smallest absolute Gasteiger partial charge is 0.335 e. The van der Waals surface area contributed by atoms with E-state index in [2.05, 4.69) is 21.2 Å². The molecule has 0 aromatic heterocycles. The summed E-state index contributed by atoms with van der Waals surface area (Å²) in [5.74, 6) is -0.103. The normalized spacial score (nSPS) is 15.9. The number of rotatable bonds is 2. The number of carbonyl (C=O) groups is 2. The highest BCUT2D eigenvalue weighted by molar-refractivity contribution is 9.10. The molecule has 0 saturated carbocycles. The lowest BCUT2D eigenvalue weighted by Crippen LogP contribution is -2.44. The van der Waals surface area contributed by atoms with E-state index in [0.29, 0.717) is 34.8 Å². The molecule has 1 saturated heterocycles. The SMILES string of the molecule is O=C(O)c1cc(Br)cc(NC(=O)N2CCS(=O)CC2)c1. The van der Waals surface area contributed by atoms with E-state index in [0.717, 1.165) is 0 Å². The van der Waals surface area contributed by atoms with Crippen molar-refractivity contribution in [2.24, 2.45) is 0 Å². The third-order valence-electron chi connectivity index (χ3n) is 2.86. The number of urea groups is 1. The topological polar surface area (TPSA) is 86.7 Å². The van der Waals surface area contributed by atoms with Crippen LogP contribution in [0, 0.1) is 0 Å². The molecule has 1 fully saturated rings. The van der Waals surface area contributed by atoms with Crippen molar-refractivity contribution >= 4 is 44.4 Å². The van der Waals surface area contributed by atoms with Crippen molar-refractivity contribution in [1.29, 1.82) is 0 Å². The van der Waals surface area contributed by atoms with Crippen LogP contribution in [0.25, 0.3) is 0 Å². The molecule has 0 radical (unpaired) electrons. The molecule has 1 aromatic rings. The second-order valence-electron chi connectivity index (χ2n) is 4.30. The van der Waals surface area contributed by atoms with E-state index in [1.54, 1.807) is 11.0 Å². The summed E-state index contributed by atoms with van der Waals surface area (Å²) in [6, 6.07) is 4.18. The zero-order valence-corrected chi connectivity index (χ0v) is 12.9. The number of amides is 2. The van der Waals surface area contributed by atoms with Crippen LogP contribution in [-0.2, 0) is 10.8 Å². The molecule has 2 N–H and O–H groups in total. The van der Waals surface area contributed by atoms with Crippen molar-refractivity contribution in [3.8, 4) is 0 Å². The lowest BCUT2D eigenvalue weighted by Gasteiger charge is -2.26. The number of carbonyl (C=O) groups excluding carboxylic acids is 1. The zero-order chi connectivity index (χ0) is 14.7. The number of carboxylic acids is 1. The van der Waals surface area contributed by atoms with Crippen LogP contribution in [0.2, 0.25) is 0 Å². The summed E-state index contributed by atoms with van der Waals surface area (Å²) >= 11 is 3.21. The van der Waals surface area contributed by atoms with E-state index in [9.17, 15) is 13.8 Å². The summed E-state index contributed by atoms with van der Waals surface area (Å²) in [6.45, 7) is 0.885. The molecule has 2 amide bonds. The molecule has 2 rings (SSSR count). The molecule has 8 heteroatoms. The molecular formula is C12H13BrN2O4S. The lowest BCUT2D eigenvalue weighted by molar-refractivity contribution is 0.0696. The molecule has 108 valence electrons. The van der Waals surface area contributed by atoms with Crippen LogP contribution in [0.4, 0.5) is 10.5 Å². The number of nitrogens with one attached hydrogen (secondary N) is 1. The molecule has 0 spiro atoms. The van der Waals surface area contributed by atoms with E-state index in [1.807, 2.05) is 0 Å². The van der Waals surface area contributed by atoms with E-state index >= 15 is 0 Å². The maximum Gasteiger partial charge on any atom is 0.335 e. The highest BCUT2D eigenvalue weighted by atomic mass is 79.9. The summed E-state index contributed by atoms with van der Waals surface area (Å²) in [7, 11) is -0.844. The van der Waals surface area contributed by atoms with Gasteiger partial charge in [-0.1, -0.05) is 15.9 Å². The number of aromatic carboxylic acids is 1. The van der Waals surface area contributed by atoms with E-state index in [-0.39, 0.29) is 11.6 Å². The van der Waals surface area contributed by atoms with Crippen molar-refractivity contribution in [2.45, 2.75) is 0 Å². The third-order valence-corrected chi connectivity index (χ3v) is 4.59. The number of benzene rings is 1. The Balaban J connectivity index is 2.07. The van der Waals surface area contributed by atoms with Crippen LogP contribution in [-0.4, -0.2) is 50.8 Å². The quantitative estimate of drug-likeness (QED) is 0.840. The fraction of sp³-hybridized carbons (Fsp3) is 0.333. The van der Waals surface area contributed by atoms with Crippen molar-refractivity contribution in [2.75, 3.05) is 29.9 Å². The average molecular weight is 361 g/mol. The Morgan fingerprint density at radius 1 is 1.25 bits per heavy atom. The highest BCUT2D eigenvalue weighted by Crippen LogP contribution is 2.20. The van der Waals surface area contributed by atoms with Gasteiger partial charge in [-0.15, -0.1) is 0 Å². The van der Waals surface area contributed by atoms with E-state index < -0.39 is 16.8 Å². The van der Waals surface area contributed by atoms with Gasteiger partial charge >= 0.3 is 12.0 Å². The van der Waals surface area contributed by atoms with Crippen LogP contribution in [0.5, 0.6) is 0 Å². The standard InChI is InChI=1S/C12H13BrN2O4S/c13-9-5-8(11(16)17)6-10(7-9)14-12(18)15-1-3-20(19)4-2-15/h5-7H,1-4H2,(H,14,18)(H,16,17). The number of hydrogen-bond donors (Lipinski definition) is 2. The van der Waals surface area contributed by atoms with Crippen molar-refractivity contribution in [3.63, 3.8) is 0 Å². The van der Waals surface area contributed by atoms with Gasteiger partial charge in [0, 0.05) is 45.6 Å². The minimum absolute atomic E-state index is 0.0921. The Morgan fingerprint density at radius 2 is 1.90 bits per heavy atom. The van der Waals surface area contributed by atoms with Crippen LogP contribution in [0.3, 0.4) is 0 Å². The summed E-state index contributed by atoms with van der Waals surface area (Å²) in [5, 5.41) is 11.6. The van der Waals surface area contributed by atoms with Crippen LogP contribution in [0.15, 0.2) is 22.7 Å². The van der Waals surface area contributed by atoms with Gasteiger partial charge in [-0.25, -0.2) is 9.59 Å². The first-order chi connectivity index (χ1) is 9.45. The average Bonchev–Trinajstić information content (AvgIpc) is 2.38. The molecule has 0 bridgehead atoms. The lowest BCUT2D eigenvalue weighted by atomic mass is 10.2. The van der Waals surface area contributed by atoms with E-state index in [4.69, 9.17) is 5.11 Å². The minimum Gasteiger partial charge on any atom is -0.478 e. The van der Waals surface area contributed by atoms with Gasteiger partial charge in [-0.3, -0.25) is 4.21 Å². The van der Waals surface area contributed by atoms with E-state index in [1.165, 1.54) is 12.1 Å². The molecule has 1 aromatic carbocycles. The first-order valence-corrected chi connectivity index (χ1v) is 8.18. The fourth-order valence-electron chi connectivity index (χ4n) is 1.83.